The number of aromatic amines is 2. The van der Waals surface area contributed by atoms with E-state index in [4.69, 9.17) is 12.2 Å². The van der Waals surface area contributed by atoms with Crippen LogP contribution in [-0.2, 0) is 25.7 Å². The molecule has 0 aliphatic rings. The van der Waals surface area contributed by atoms with Crippen LogP contribution in [0, 0.1) is 4.77 Å². The Labute approximate surface area is 165 Å². The smallest absolute Gasteiger partial charge is 0.175 e. The summed E-state index contributed by atoms with van der Waals surface area (Å²) >= 11 is 5.51. The van der Waals surface area contributed by atoms with Gasteiger partial charge in [0.25, 0.3) is 0 Å². The summed E-state index contributed by atoms with van der Waals surface area (Å²) in [5.74, 6) is 0. The number of aromatic nitrogens is 2. The van der Waals surface area contributed by atoms with E-state index in [9.17, 15) is 0 Å². The third-order valence-corrected chi connectivity index (χ3v) is 5.75. The second kappa shape index (κ2) is 10.9. The van der Waals surface area contributed by atoms with Gasteiger partial charge in [-0.15, -0.1) is 0 Å². The zero-order chi connectivity index (χ0) is 18.9. The number of H-pyrrole nitrogens is 2. The minimum atomic E-state index is 0.782. The molecule has 0 aliphatic heterocycles. The number of unbranched alkanes of at least 4 members (excludes halogenated alkanes) is 4. The molecule has 2 aromatic rings. The minimum absolute atomic E-state index is 0.782. The number of nitrogens with one attached hydrogen (secondary N) is 2. The van der Waals surface area contributed by atoms with E-state index in [1.54, 1.807) is 22.3 Å². The highest BCUT2D eigenvalue weighted by Gasteiger charge is 2.20. The van der Waals surface area contributed by atoms with Crippen molar-refractivity contribution >= 4 is 23.3 Å². The largest absolute Gasteiger partial charge is 0.331 e. The van der Waals surface area contributed by atoms with Crippen molar-refractivity contribution in [3.63, 3.8) is 0 Å². The molecule has 0 saturated carbocycles. The molecule has 146 valence electrons. The van der Waals surface area contributed by atoms with Crippen LogP contribution in [0.25, 0.3) is 11.0 Å². The van der Waals surface area contributed by atoms with Gasteiger partial charge in [-0.1, -0.05) is 53.4 Å². The molecule has 0 bridgehead atoms. The van der Waals surface area contributed by atoms with Crippen molar-refractivity contribution in [2.45, 2.75) is 105 Å². The Morgan fingerprint density at radius 3 is 1.15 bits per heavy atom. The van der Waals surface area contributed by atoms with Crippen molar-refractivity contribution in [3.05, 3.63) is 27.0 Å². The van der Waals surface area contributed by atoms with Crippen LogP contribution in [0.5, 0.6) is 0 Å². The molecule has 26 heavy (non-hydrogen) atoms. The normalized spacial score (nSPS) is 11.5. The van der Waals surface area contributed by atoms with Crippen molar-refractivity contribution in [1.82, 2.24) is 9.97 Å². The maximum absolute atomic E-state index is 5.51. The van der Waals surface area contributed by atoms with Gasteiger partial charge >= 0.3 is 0 Å². The van der Waals surface area contributed by atoms with Gasteiger partial charge in [-0.05, 0) is 85.8 Å². The Kier molecular flexibility index (Phi) is 8.90. The van der Waals surface area contributed by atoms with Crippen molar-refractivity contribution in [3.8, 4) is 0 Å². The molecule has 0 aliphatic carbocycles. The van der Waals surface area contributed by atoms with Gasteiger partial charge in [0.2, 0.25) is 0 Å². The molecular weight excluding hydrogens is 336 g/mol. The first-order valence-electron chi connectivity index (χ1n) is 10.9. The molecule has 0 fully saturated rings. The van der Waals surface area contributed by atoms with Gasteiger partial charge in [-0.2, -0.15) is 0 Å². The first kappa shape index (κ1) is 21.2. The molecule has 0 saturated heterocycles. The van der Waals surface area contributed by atoms with Crippen LogP contribution in [0.15, 0.2) is 0 Å². The lowest BCUT2D eigenvalue weighted by atomic mass is 9.85. The Bertz CT molecular complexity index is 679. The fourth-order valence-corrected chi connectivity index (χ4v) is 4.28. The topological polar surface area (TPSA) is 31.6 Å². The molecule has 0 radical (unpaired) electrons. The maximum Gasteiger partial charge on any atom is 0.175 e. The van der Waals surface area contributed by atoms with Crippen LogP contribution in [-0.4, -0.2) is 9.97 Å². The monoisotopic (exact) mass is 374 g/mol. The number of imidazole rings is 1. The summed E-state index contributed by atoms with van der Waals surface area (Å²) in [6, 6.07) is 0. The zero-order valence-electron chi connectivity index (χ0n) is 17.4. The molecule has 1 aromatic carbocycles. The molecule has 1 aromatic heterocycles. The van der Waals surface area contributed by atoms with E-state index >= 15 is 0 Å². The first-order valence-corrected chi connectivity index (χ1v) is 11.4. The molecule has 1 heterocycles. The van der Waals surface area contributed by atoms with E-state index in [1.807, 2.05) is 0 Å². The number of hydrogen-bond donors (Lipinski definition) is 2. The summed E-state index contributed by atoms with van der Waals surface area (Å²) in [5, 5.41) is 0. The molecule has 0 unspecified atom stereocenters. The van der Waals surface area contributed by atoms with Crippen molar-refractivity contribution in [2.24, 2.45) is 0 Å². The number of benzene rings is 1. The summed E-state index contributed by atoms with van der Waals surface area (Å²) in [6.07, 6.45) is 14.8. The number of aryl methyl sites for hydroxylation is 2. The highest BCUT2D eigenvalue weighted by atomic mass is 32.1. The number of fused-ring (bicyclic) bond motifs is 1. The second-order valence-electron chi connectivity index (χ2n) is 7.66. The van der Waals surface area contributed by atoms with E-state index in [-0.39, 0.29) is 0 Å². The molecule has 2 nitrogen and oxygen atoms in total. The lowest BCUT2D eigenvalue weighted by Crippen LogP contribution is -2.08. The Balaban J connectivity index is 2.71. The summed E-state index contributed by atoms with van der Waals surface area (Å²) in [4.78, 5) is 7.02. The average Bonchev–Trinajstić information content (AvgIpc) is 3.02. The van der Waals surface area contributed by atoms with Gasteiger partial charge in [0.15, 0.2) is 4.77 Å². The van der Waals surface area contributed by atoms with E-state index in [0.717, 1.165) is 4.77 Å². The van der Waals surface area contributed by atoms with E-state index in [2.05, 4.69) is 37.7 Å². The van der Waals surface area contributed by atoms with Gasteiger partial charge in [0.1, 0.15) is 0 Å². The molecule has 0 atom stereocenters. The minimum Gasteiger partial charge on any atom is -0.331 e. The fourth-order valence-electron chi connectivity index (χ4n) is 4.07. The standard InChI is InChI=1S/C23H38N2S/c1-5-9-13-17-18(14-10-6-2)20(16-12-8-4)22-21(24-23(26)25-22)19(17)15-11-7-3/h5-16H2,1-4H3,(H2,24,25,26). The Morgan fingerprint density at radius 1 is 0.538 bits per heavy atom. The second-order valence-corrected chi connectivity index (χ2v) is 8.07. The summed E-state index contributed by atoms with van der Waals surface area (Å²) in [7, 11) is 0. The van der Waals surface area contributed by atoms with Crippen LogP contribution in [0.3, 0.4) is 0 Å². The predicted octanol–water partition coefficient (Wildman–Crippen LogP) is 7.60. The van der Waals surface area contributed by atoms with Crippen LogP contribution in [0.2, 0.25) is 0 Å². The molecule has 2 rings (SSSR count). The lowest BCUT2D eigenvalue weighted by molar-refractivity contribution is 0.723. The van der Waals surface area contributed by atoms with E-state index in [1.165, 1.54) is 88.1 Å². The van der Waals surface area contributed by atoms with Gasteiger partial charge in [0.05, 0.1) is 11.0 Å². The number of rotatable bonds is 12. The molecule has 3 heteroatoms. The van der Waals surface area contributed by atoms with Gasteiger partial charge in [-0.25, -0.2) is 0 Å². The highest BCUT2D eigenvalue weighted by Crippen LogP contribution is 2.33. The van der Waals surface area contributed by atoms with Crippen LogP contribution >= 0.6 is 12.2 Å². The van der Waals surface area contributed by atoms with Crippen LogP contribution < -0.4 is 0 Å². The van der Waals surface area contributed by atoms with Gasteiger partial charge < -0.3 is 9.97 Å². The van der Waals surface area contributed by atoms with Crippen molar-refractivity contribution in [2.75, 3.05) is 0 Å². The first-order chi connectivity index (χ1) is 12.7. The fraction of sp³-hybridized carbons (Fsp3) is 0.696. The third kappa shape index (κ3) is 5.00. The average molecular weight is 375 g/mol. The molecule has 0 spiro atoms. The maximum atomic E-state index is 5.51. The quantitative estimate of drug-likeness (QED) is 0.368. The SMILES string of the molecule is CCCCc1c(CCCC)c(CCCC)c2[nH]c(=S)[nH]c2c1CCCC. The van der Waals surface area contributed by atoms with Gasteiger partial charge in [-0.3, -0.25) is 0 Å². The summed E-state index contributed by atoms with van der Waals surface area (Å²) in [5.41, 5.74) is 9.01. The Hall–Kier alpha value is -1.09. The molecule has 0 amide bonds. The lowest BCUT2D eigenvalue weighted by Gasteiger charge is -2.21. The van der Waals surface area contributed by atoms with Crippen LogP contribution in [0.4, 0.5) is 0 Å². The predicted molar refractivity (Wildman–Crippen MR) is 118 cm³/mol. The van der Waals surface area contributed by atoms with Crippen LogP contribution in [0.1, 0.15) is 101 Å². The summed E-state index contributed by atoms with van der Waals surface area (Å²) in [6.45, 7) is 9.18. The highest BCUT2D eigenvalue weighted by molar-refractivity contribution is 7.71. The Morgan fingerprint density at radius 2 is 0.846 bits per heavy atom. The van der Waals surface area contributed by atoms with Crippen molar-refractivity contribution < 1.29 is 0 Å². The number of hydrogen-bond acceptors (Lipinski definition) is 1. The van der Waals surface area contributed by atoms with E-state index in [0.29, 0.717) is 0 Å². The third-order valence-electron chi connectivity index (χ3n) is 5.54. The molecule has 2 N–H and O–H groups in total. The van der Waals surface area contributed by atoms with Crippen molar-refractivity contribution in [1.29, 1.82) is 0 Å². The van der Waals surface area contributed by atoms with Gasteiger partial charge in [0, 0.05) is 0 Å². The molecular formula is C23H38N2S. The summed E-state index contributed by atoms with van der Waals surface area (Å²) < 4.78 is 0.782. The van der Waals surface area contributed by atoms with E-state index < -0.39 is 0 Å². The zero-order valence-corrected chi connectivity index (χ0v) is 18.2.